The molecule has 2 N–H and O–H groups in total. The van der Waals surface area contributed by atoms with Crippen molar-refractivity contribution in [2.24, 2.45) is 5.92 Å². The maximum absolute atomic E-state index is 12.9. The van der Waals surface area contributed by atoms with Crippen molar-refractivity contribution in [3.63, 3.8) is 0 Å². The van der Waals surface area contributed by atoms with Crippen LogP contribution in [0.25, 0.3) is 0 Å². The van der Waals surface area contributed by atoms with Gasteiger partial charge in [-0.25, -0.2) is 8.42 Å². The molecule has 0 spiro atoms. The van der Waals surface area contributed by atoms with Crippen molar-refractivity contribution in [3.8, 4) is 5.75 Å². The lowest BCUT2D eigenvalue weighted by Crippen LogP contribution is -2.31. The lowest BCUT2D eigenvalue weighted by molar-refractivity contribution is -0.142. The molecule has 8 nitrogen and oxygen atoms in total. The molecule has 1 heterocycles. The fourth-order valence-electron chi connectivity index (χ4n) is 3.54. The number of hydrogen-bond acceptors (Lipinski definition) is 8. The van der Waals surface area contributed by atoms with Crippen LogP contribution in [0.2, 0.25) is 0 Å². The molecule has 2 unspecified atom stereocenters. The van der Waals surface area contributed by atoms with Crippen molar-refractivity contribution in [2.75, 3.05) is 31.5 Å². The first kappa shape index (κ1) is 24.6. The van der Waals surface area contributed by atoms with Gasteiger partial charge in [-0.15, -0.1) is 12.4 Å². The molecule has 0 amide bonds. The Hall–Kier alpha value is -1.69. The lowest BCUT2D eigenvalue weighted by Gasteiger charge is -2.24. The van der Waals surface area contributed by atoms with Crippen LogP contribution in [0.5, 0.6) is 5.75 Å². The number of alkyl halides is 2. The van der Waals surface area contributed by atoms with Crippen LogP contribution in [0.15, 0.2) is 17.0 Å². The van der Waals surface area contributed by atoms with E-state index in [1.165, 1.54) is 13.2 Å². The number of benzene rings is 1. The quantitative estimate of drug-likeness (QED) is 0.440. The molecule has 1 aromatic carbocycles. The third kappa shape index (κ3) is 5.71. The van der Waals surface area contributed by atoms with Crippen LogP contribution in [-0.2, 0) is 19.4 Å². The summed E-state index contributed by atoms with van der Waals surface area (Å²) in [5.74, 6) is -1.03. The van der Waals surface area contributed by atoms with E-state index in [0.717, 1.165) is 30.2 Å². The standard InChI is InChI=1S/C18H24F2N2O6S.ClH/c1-27-17(23)13-5-11(8-21-13)12-6-14(22(24)9-10-3-4-10)15(28-18(19)20)7-16(12)29(2,25)26;/h6-7,10-11,13,18,21,24H,3-5,8-9H2,1-2H3;1H. The molecule has 12 heteroatoms. The van der Waals surface area contributed by atoms with E-state index in [-0.39, 0.29) is 41.9 Å². The summed E-state index contributed by atoms with van der Waals surface area (Å²) in [7, 11) is -2.54. The number of nitrogens with one attached hydrogen (secondary N) is 1. The van der Waals surface area contributed by atoms with Gasteiger partial charge < -0.3 is 14.8 Å². The summed E-state index contributed by atoms with van der Waals surface area (Å²) in [4.78, 5) is 11.6. The van der Waals surface area contributed by atoms with Gasteiger partial charge in [0.05, 0.1) is 12.0 Å². The third-order valence-electron chi connectivity index (χ3n) is 5.17. The average molecular weight is 471 g/mol. The van der Waals surface area contributed by atoms with E-state index >= 15 is 0 Å². The number of carbonyl (C=O) groups excluding carboxylic acids is 1. The van der Waals surface area contributed by atoms with E-state index in [4.69, 9.17) is 4.74 Å². The Bertz CT molecular complexity index is 882. The fraction of sp³-hybridized carbons (Fsp3) is 0.611. The maximum Gasteiger partial charge on any atom is 0.387 e. The average Bonchev–Trinajstić information content (AvgIpc) is 3.31. The molecule has 2 atom stereocenters. The number of anilines is 1. The van der Waals surface area contributed by atoms with E-state index in [9.17, 15) is 27.2 Å². The minimum atomic E-state index is -3.79. The number of nitrogens with zero attached hydrogens (tertiary/aromatic N) is 1. The number of carbonyl (C=O) groups is 1. The second-order valence-electron chi connectivity index (χ2n) is 7.45. The Labute approximate surface area is 179 Å². The Balaban J connectivity index is 0.00000320. The lowest BCUT2D eigenvalue weighted by atomic mass is 9.95. The van der Waals surface area contributed by atoms with Gasteiger partial charge in [-0.2, -0.15) is 8.78 Å². The SMILES string of the molecule is COC(=O)C1CC(c2cc(N(O)CC3CC3)c(OC(F)F)cc2S(C)(=O)=O)CN1.Cl. The molecule has 1 aliphatic heterocycles. The van der Waals surface area contributed by atoms with E-state index in [1.807, 2.05) is 0 Å². The van der Waals surface area contributed by atoms with Gasteiger partial charge in [0.1, 0.15) is 11.7 Å². The summed E-state index contributed by atoms with van der Waals surface area (Å²) in [6, 6.07) is 1.78. The highest BCUT2D eigenvalue weighted by Gasteiger charge is 2.35. The fourth-order valence-corrected chi connectivity index (χ4v) is 4.51. The molecule has 2 fully saturated rings. The van der Waals surface area contributed by atoms with Gasteiger partial charge in [0, 0.05) is 25.4 Å². The molecule has 170 valence electrons. The van der Waals surface area contributed by atoms with Crippen LogP contribution >= 0.6 is 12.4 Å². The third-order valence-corrected chi connectivity index (χ3v) is 6.32. The Morgan fingerprint density at radius 3 is 2.57 bits per heavy atom. The number of methoxy groups -OCH3 is 1. The number of rotatable bonds is 8. The number of hydrogen-bond donors (Lipinski definition) is 2. The van der Waals surface area contributed by atoms with Gasteiger partial charge in [-0.3, -0.25) is 15.1 Å². The number of hydroxylamine groups is 1. The van der Waals surface area contributed by atoms with Crippen LogP contribution in [0.1, 0.15) is 30.7 Å². The molecule has 1 aliphatic carbocycles. The predicted octanol–water partition coefficient (Wildman–Crippen LogP) is 2.34. The Morgan fingerprint density at radius 1 is 1.37 bits per heavy atom. The molecule has 1 saturated heterocycles. The number of sulfone groups is 1. The van der Waals surface area contributed by atoms with Gasteiger partial charge in [0.25, 0.3) is 0 Å². The first-order valence-electron chi connectivity index (χ1n) is 9.20. The van der Waals surface area contributed by atoms with E-state index in [2.05, 4.69) is 10.1 Å². The second-order valence-corrected chi connectivity index (χ2v) is 9.43. The van der Waals surface area contributed by atoms with Crippen molar-refractivity contribution >= 4 is 33.9 Å². The first-order chi connectivity index (χ1) is 13.6. The summed E-state index contributed by atoms with van der Waals surface area (Å²) in [6.45, 7) is -2.66. The van der Waals surface area contributed by atoms with Crippen molar-refractivity contribution in [2.45, 2.75) is 42.7 Å². The summed E-state index contributed by atoms with van der Waals surface area (Å²) in [5, 5.41) is 14.2. The van der Waals surface area contributed by atoms with Gasteiger partial charge in [-0.1, -0.05) is 0 Å². The van der Waals surface area contributed by atoms with Crippen LogP contribution in [0, 0.1) is 5.92 Å². The zero-order valence-electron chi connectivity index (χ0n) is 16.5. The minimum absolute atomic E-state index is 0. The summed E-state index contributed by atoms with van der Waals surface area (Å²) >= 11 is 0. The van der Waals surface area contributed by atoms with Gasteiger partial charge in [-0.05, 0) is 42.7 Å². The smallest absolute Gasteiger partial charge is 0.387 e. The topological polar surface area (TPSA) is 105 Å². The molecule has 3 rings (SSSR count). The molecule has 0 radical (unpaired) electrons. The van der Waals surface area contributed by atoms with Crippen LogP contribution < -0.4 is 15.1 Å². The number of halogens is 3. The zero-order chi connectivity index (χ0) is 21.3. The molecule has 1 saturated carbocycles. The molecule has 0 aromatic heterocycles. The molecule has 0 bridgehead atoms. The number of esters is 1. The van der Waals surface area contributed by atoms with Gasteiger partial charge in [0.15, 0.2) is 15.6 Å². The van der Waals surface area contributed by atoms with Crippen molar-refractivity contribution < 1.29 is 36.7 Å². The normalized spacial score (nSPS) is 21.3. The molecular weight excluding hydrogens is 446 g/mol. The van der Waals surface area contributed by atoms with Crippen molar-refractivity contribution in [3.05, 3.63) is 17.7 Å². The summed E-state index contributed by atoms with van der Waals surface area (Å²) < 4.78 is 59.8. The predicted molar refractivity (Wildman–Crippen MR) is 106 cm³/mol. The van der Waals surface area contributed by atoms with Crippen molar-refractivity contribution in [1.29, 1.82) is 0 Å². The van der Waals surface area contributed by atoms with Crippen LogP contribution in [-0.4, -0.2) is 58.7 Å². The van der Waals surface area contributed by atoms with E-state index < -0.39 is 40.1 Å². The van der Waals surface area contributed by atoms with Gasteiger partial charge >= 0.3 is 12.6 Å². The number of ether oxygens (including phenoxy) is 2. The first-order valence-corrected chi connectivity index (χ1v) is 11.1. The maximum atomic E-state index is 12.9. The van der Waals surface area contributed by atoms with Crippen molar-refractivity contribution in [1.82, 2.24) is 5.32 Å². The van der Waals surface area contributed by atoms with E-state index in [0.29, 0.717) is 12.1 Å². The minimum Gasteiger partial charge on any atom is -0.468 e. The molecule has 30 heavy (non-hydrogen) atoms. The van der Waals surface area contributed by atoms with E-state index in [1.54, 1.807) is 0 Å². The largest absolute Gasteiger partial charge is 0.468 e. The Kier molecular flexibility index (Phi) is 7.89. The highest BCUT2D eigenvalue weighted by atomic mass is 35.5. The summed E-state index contributed by atoms with van der Waals surface area (Å²) in [6.07, 6.45) is 3.09. The highest BCUT2D eigenvalue weighted by molar-refractivity contribution is 7.90. The summed E-state index contributed by atoms with van der Waals surface area (Å²) in [5.41, 5.74) is 0.305. The zero-order valence-corrected chi connectivity index (χ0v) is 18.1. The highest BCUT2D eigenvalue weighted by Crippen LogP contribution is 2.41. The van der Waals surface area contributed by atoms with Crippen LogP contribution in [0.3, 0.4) is 0 Å². The molecule has 2 aliphatic rings. The molecular formula is C18H25ClF2N2O6S. The molecule has 1 aromatic rings. The second kappa shape index (κ2) is 9.63. The van der Waals surface area contributed by atoms with Crippen LogP contribution in [0.4, 0.5) is 14.5 Å². The Morgan fingerprint density at radius 2 is 2.03 bits per heavy atom. The van der Waals surface area contributed by atoms with Gasteiger partial charge in [0.2, 0.25) is 0 Å². The monoisotopic (exact) mass is 470 g/mol.